The maximum atomic E-state index is 12.6. The molecule has 0 saturated carbocycles. The van der Waals surface area contributed by atoms with Gasteiger partial charge in [0.05, 0.1) is 12.0 Å². The molecule has 0 spiro atoms. The number of ether oxygens (including phenoxy) is 1. The average molecular weight is 356 g/mol. The zero-order valence-corrected chi connectivity index (χ0v) is 14.7. The molecule has 1 heterocycles. The molecule has 1 aromatic rings. The first kappa shape index (κ1) is 18.7. The van der Waals surface area contributed by atoms with Crippen LogP contribution in [0.5, 0.6) is 5.75 Å². The summed E-state index contributed by atoms with van der Waals surface area (Å²) in [6.07, 6.45) is 1.66. The third-order valence-corrected chi connectivity index (χ3v) is 6.06. The topological polar surface area (TPSA) is 87.2 Å². The number of unbranched alkanes of at least 4 members (excludes halogenated alkanes) is 1. The number of hydrogen-bond acceptors (Lipinski definition) is 5. The van der Waals surface area contributed by atoms with Gasteiger partial charge in [-0.1, -0.05) is 0 Å². The predicted molar refractivity (Wildman–Crippen MR) is 89.7 cm³/mol. The number of benzene rings is 1. The molecule has 1 fully saturated rings. The SMILES string of the molecule is COc1ccc(S(=O)(=O)N2CCN(CCCCC(=O)O)CC2)cc1. The summed E-state index contributed by atoms with van der Waals surface area (Å²) in [6.45, 7) is 3.05. The highest BCUT2D eigenvalue weighted by molar-refractivity contribution is 7.89. The molecule has 0 radical (unpaired) electrons. The van der Waals surface area contributed by atoms with Gasteiger partial charge in [-0.2, -0.15) is 4.31 Å². The van der Waals surface area contributed by atoms with Gasteiger partial charge in [0.15, 0.2) is 0 Å². The lowest BCUT2D eigenvalue weighted by molar-refractivity contribution is -0.137. The van der Waals surface area contributed by atoms with Crippen molar-refractivity contribution in [3.63, 3.8) is 0 Å². The maximum Gasteiger partial charge on any atom is 0.303 e. The van der Waals surface area contributed by atoms with Crippen molar-refractivity contribution >= 4 is 16.0 Å². The largest absolute Gasteiger partial charge is 0.497 e. The molecule has 1 saturated heterocycles. The summed E-state index contributed by atoms with van der Waals surface area (Å²) in [6, 6.07) is 6.41. The number of nitrogens with zero attached hydrogens (tertiary/aromatic N) is 2. The predicted octanol–water partition coefficient (Wildman–Crippen LogP) is 1.26. The molecule has 0 atom stereocenters. The highest BCUT2D eigenvalue weighted by atomic mass is 32.2. The van der Waals surface area contributed by atoms with Gasteiger partial charge in [-0.25, -0.2) is 8.42 Å². The molecule has 1 aromatic carbocycles. The first-order valence-electron chi connectivity index (χ1n) is 8.02. The van der Waals surface area contributed by atoms with Crippen molar-refractivity contribution in [2.75, 3.05) is 39.8 Å². The van der Waals surface area contributed by atoms with Crippen molar-refractivity contribution in [2.24, 2.45) is 0 Å². The first-order valence-corrected chi connectivity index (χ1v) is 9.46. The van der Waals surface area contributed by atoms with Crippen LogP contribution in [0.1, 0.15) is 19.3 Å². The molecule has 0 bridgehead atoms. The number of methoxy groups -OCH3 is 1. The highest BCUT2D eigenvalue weighted by Crippen LogP contribution is 2.20. The van der Waals surface area contributed by atoms with Crippen LogP contribution in [0.3, 0.4) is 0 Å². The van der Waals surface area contributed by atoms with Gasteiger partial charge >= 0.3 is 5.97 Å². The van der Waals surface area contributed by atoms with E-state index in [9.17, 15) is 13.2 Å². The second-order valence-electron chi connectivity index (χ2n) is 5.77. The monoisotopic (exact) mass is 356 g/mol. The first-order chi connectivity index (χ1) is 11.4. The van der Waals surface area contributed by atoms with Crippen LogP contribution in [0.2, 0.25) is 0 Å². The number of carboxylic acids is 1. The van der Waals surface area contributed by atoms with E-state index in [1.807, 2.05) is 0 Å². The number of carboxylic acid groups (broad SMARTS) is 1. The van der Waals surface area contributed by atoms with Crippen LogP contribution in [0.15, 0.2) is 29.2 Å². The number of aliphatic carboxylic acids is 1. The van der Waals surface area contributed by atoms with Crippen molar-refractivity contribution in [1.29, 1.82) is 0 Å². The van der Waals surface area contributed by atoms with Gasteiger partial charge in [-0.3, -0.25) is 4.79 Å². The Kier molecular flexibility index (Phi) is 6.59. The van der Waals surface area contributed by atoms with Crippen LogP contribution in [0.4, 0.5) is 0 Å². The number of sulfonamides is 1. The summed E-state index contributed by atoms with van der Waals surface area (Å²) < 4.78 is 31.8. The number of carbonyl (C=O) groups is 1. The molecule has 0 aliphatic carbocycles. The van der Waals surface area contributed by atoms with Gasteiger partial charge < -0.3 is 14.7 Å². The van der Waals surface area contributed by atoms with Gasteiger partial charge in [-0.05, 0) is 43.7 Å². The van der Waals surface area contributed by atoms with Crippen molar-refractivity contribution in [1.82, 2.24) is 9.21 Å². The molecule has 0 unspecified atom stereocenters. The van der Waals surface area contributed by atoms with Crippen LogP contribution >= 0.6 is 0 Å². The van der Waals surface area contributed by atoms with Gasteiger partial charge in [0.1, 0.15) is 5.75 Å². The summed E-state index contributed by atoms with van der Waals surface area (Å²) in [4.78, 5) is 12.9. The lowest BCUT2D eigenvalue weighted by Crippen LogP contribution is -2.48. The van der Waals surface area contributed by atoms with Crippen LogP contribution in [-0.2, 0) is 14.8 Å². The Balaban J connectivity index is 1.85. The summed E-state index contributed by atoms with van der Waals surface area (Å²) in [7, 11) is -1.93. The fourth-order valence-corrected chi connectivity index (χ4v) is 4.12. The normalized spacial score (nSPS) is 16.9. The van der Waals surface area contributed by atoms with E-state index in [2.05, 4.69) is 4.90 Å². The molecule has 1 aliphatic rings. The molecular weight excluding hydrogens is 332 g/mol. The summed E-state index contributed by atoms with van der Waals surface area (Å²) in [5.74, 6) is -0.148. The van der Waals surface area contributed by atoms with Gasteiger partial charge in [0, 0.05) is 32.6 Å². The van der Waals surface area contributed by atoms with E-state index in [1.165, 1.54) is 4.31 Å². The molecule has 1 N–H and O–H groups in total. The number of rotatable bonds is 8. The van der Waals surface area contributed by atoms with Crippen molar-refractivity contribution in [3.8, 4) is 5.75 Å². The zero-order chi connectivity index (χ0) is 17.6. The van der Waals surface area contributed by atoms with E-state index in [0.717, 1.165) is 13.0 Å². The number of hydrogen-bond donors (Lipinski definition) is 1. The van der Waals surface area contributed by atoms with Gasteiger partial charge in [-0.15, -0.1) is 0 Å². The molecule has 7 nitrogen and oxygen atoms in total. The third-order valence-electron chi connectivity index (χ3n) is 4.14. The van der Waals surface area contributed by atoms with Crippen molar-refractivity contribution < 1.29 is 23.1 Å². The lowest BCUT2D eigenvalue weighted by Gasteiger charge is -2.34. The second-order valence-corrected chi connectivity index (χ2v) is 7.71. The minimum Gasteiger partial charge on any atom is -0.497 e. The van der Waals surface area contributed by atoms with E-state index in [-0.39, 0.29) is 11.3 Å². The fourth-order valence-electron chi connectivity index (χ4n) is 2.70. The Labute approximate surface area is 142 Å². The minimum atomic E-state index is -3.47. The van der Waals surface area contributed by atoms with E-state index in [0.29, 0.717) is 38.3 Å². The number of piperazine rings is 1. The minimum absolute atomic E-state index is 0.186. The van der Waals surface area contributed by atoms with Crippen LogP contribution in [0.25, 0.3) is 0 Å². The Morgan fingerprint density at radius 2 is 1.75 bits per heavy atom. The van der Waals surface area contributed by atoms with Crippen molar-refractivity contribution in [3.05, 3.63) is 24.3 Å². The summed E-state index contributed by atoms with van der Waals surface area (Å²) >= 11 is 0. The Morgan fingerprint density at radius 1 is 1.12 bits per heavy atom. The molecular formula is C16H24N2O5S. The lowest BCUT2D eigenvalue weighted by atomic mass is 10.2. The molecule has 134 valence electrons. The Morgan fingerprint density at radius 3 is 2.29 bits per heavy atom. The van der Waals surface area contributed by atoms with E-state index < -0.39 is 16.0 Å². The van der Waals surface area contributed by atoms with Crippen LogP contribution in [0, 0.1) is 0 Å². The van der Waals surface area contributed by atoms with Crippen LogP contribution in [-0.4, -0.2) is 68.5 Å². The molecule has 24 heavy (non-hydrogen) atoms. The maximum absolute atomic E-state index is 12.6. The van der Waals surface area contributed by atoms with E-state index in [1.54, 1.807) is 31.4 Å². The summed E-state index contributed by atoms with van der Waals surface area (Å²) in [5, 5.41) is 8.62. The van der Waals surface area contributed by atoms with E-state index >= 15 is 0 Å². The highest BCUT2D eigenvalue weighted by Gasteiger charge is 2.28. The van der Waals surface area contributed by atoms with E-state index in [4.69, 9.17) is 9.84 Å². The zero-order valence-electron chi connectivity index (χ0n) is 13.8. The average Bonchev–Trinajstić information content (AvgIpc) is 2.59. The standard InChI is InChI=1S/C16H24N2O5S/c1-23-14-5-7-15(8-6-14)24(21,22)18-12-10-17(11-13-18)9-3-2-4-16(19)20/h5-8H,2-4,9-13H2,1H3,(H,19,20). The Bertz CT molecular complexity index is 637. The Hall–Kier alpha value is -1.64. The summed E-state index contributed by atoms with van der Waals surface area (Å²) in [5.41, 5.74) is 0. The third kappa shape index (κ3) is 4.93. The molecule has 1 aliphatic heterocycles. The quantitative estimate of drug-likeness (QED) is 0.706. The molecule has 0 aromatic heterocycles. The second kappa shape index (κ2) is 8.46. The smallest absolute Gasteiger partial charge is 0.303 e. The molecule has 2 rings (SSSR count). The molecule has 8 heteroatoms. The van der Waals surface area contributed by atoms with Crippen LogP contribution < -0.4 is 4.74 Å². The van der Waals surface area contributed by atoms with Gasteiger partial charge in [0.2, 0.25) is 10.0 Å². The molecule has 0 amide bonds. The van der Waals surface area contributed by atoms with Gasteiger partial charge in [0.25, 0.3) is 0 Å². The fraction of sp³-hybridized carbons (Fsp3) is 0.562. The van der Waals surface area contributed by atoms with Crippen molar-refractivity contribution in [2.45, 2.75) is 24.2 Å².